The van der Waals surface area contributed by atoms with Crippen LogP contribution in [0.15, 0.2) is 35.7 Å². The van der Waals surface area contributed by atoms with E-state index >= 15 is 0 Å². The molecule has 0 aliphatic rings. The fourth-order valence-corrected chi connectivity index (χ4v) is 2.87. The summed E-state index contributed by atoms with van der Waals surface area (Å²) in [7, 11) is 1.65. The summed E-state index contributed by atoms with van der Waals surface area (Å²) in [5.41, 5.74) is 7.93. The van der Waals surface area contributed by atoms with Gasteiger partial charge < -0.3 is 15.0 Å². The van der Waals surface area contributed by atoms with Crippen LogP contribution in [-0.4, -0.2) is 16.7 Å². The number of thiophene rings is 1. The maximum Gasteiger partial charge on any atom is 0.201 e. The zero-order valence-corrected chi connectivity index (χ0v) is 11.5. The maximum absolute atomic E-state index is 6.00. The third kappa shape index (κ3) is 2.29. The highest BCUT2D eigenvalue weighted by atomic mass is 32.1. The van der Waals surface area contributed by atoms with Gasteiger partial charge in [0.05, 0.1) is 18.1 Å². The number of rotatable bonds is 4. The Morgan fingerprint density at radius 3 is 3.00 bits per heavy atom. The third-order valence-corrected chi connectivity index (χ3v) is 4.08. The largest absolute Gasteiger partial charge is 0.497 e. The van der Waals surface area contributed by atoms with Gasteiger partial charge in [0.25, 0.3) is 0 Å². The van der Waals surface area contributed by atoms with Crippen LogP contribution in [-0.2, 0) is 13.0 Å². The van der Waals surface area contributed by atoms with Gasteiger partial charge in [-0.05, 0) is 30.0 Å². The highest BCUT2D eigenvalue weighted by molar-refractivity contribution is 7.09. The molecule has 0 amide bonds. The average Bonchev–Trinajstić information content (AvgIpc) is 3.02. The van der Waals surface area contributed by atoms with E-state index in [0.29, 0.717) is 5.95 Å². The summed E-state index contributed by atoms with van der Waals surface area (Å²) >= 11 is 1.77. The molecule has 0 spiro atoms. The number of benzene rings is 1. The quantitative estimate of drug-likeness (QED) is 0.795. The molecule has 0 fully saturated rings. The van der Waals surface area contributed by atoms with Crippen molar-refractivity contribution in [3.63, 3.8) is 0 Å². The topological polar surface area (TPSA) is 53.1 Å². The predicted molar refractivity (Wildman–Crippen MR) is 78.7 cm³/mol. The molecule has 0 saturated heterocycles. The lowest BCUT2D eigenvalue weighted by Gasteiger charge is -2.05. The summed E-state index contributed by atoms with van der Waals surface area (Å²) in [6, 6.07) is 10.1. The molecule has 19 heavy (non-hydrogen) atoms. The molecule has 2 aromatic heterocycles. The summed E-state index contributed by atoms with van der Waals surface area (Å²) in [5, 5.41) is 2.09. The molecular formula is C14H15N3OS. The van der Waals surface area contributed by atoms with E-state index in [4.69, 9.17) is 10.5 Å². The maximum atomic E-state index is 6.00. The minimum atomic E-state index is 0.555. The van der Waals surface area contributed by atoms with Gasteiger partial charge in [0.2, 0.25) is 5.95 Å². The summed E-state index contributed by atoms with van der Waals surface area (Å²) in [6.07, 6.45) is 0.972. The molecule has 98 valence electrons. The second-order valence-electron chi connectivity index (χ2n) is 4.31. The highest BCUT2D eigenvalue weighted by Gasteiger charge is 2.09. The number of methoxy groups -OCH3 is 1. The van der Waals surface area contributed by atoms with E-state index in [2.05, 4.69) is 27.1 Å². The number of imidazole rings is 1. The van der Waals surface area contributed by atoms with Gasteiger partial charge in [0.15, 0.2) is 0 Å². The van der Waals surface area contributed by atoms with Crippen molar-refractivity contribution in [2.24, 2.45) is 0 Å². The minimum absolute atomic E-state index is 0.555. The number of hydrogen-bond acceptors (Lipinski definition) is 4. The first kappa shape index (κ1) is 12.0. The zero-order valence-electron chi connectivity index (χ0n) is 10.7. The molecule has 0 bridgehead atoms. The molecule has 4 nitrogen and oxygen atoms in total. The molecule has 0 saturated carbocycles. The van der Waals surface area contributed by atoms with Crippen molar-refractivity contribution in [1.82, 2.24) is 9.55 Å². The van der Waals surface area contributed by atoms with E-state index < -0.39 is 0 Å². The smallest absolute Gasteiger partial charge is 0.201 e. The molecular weight excluding hydrogens is 258 g/mol. The fourth-order valence-electron chi connectivity index (χ4n) is 2.17. The lowest BCUT2D eigenvalue weighted by Crippen LogP contribution is -2.05. The number of ether oxygens (including phenoxy) is 1. The first-order chi connectivity index (χ1) is 9.28. The first-order valence-electron chi connectivity index (χ1n) is 6.10. The molecule has 3 rings (SSSR count). The Kier molecular flexibility index (Phi) is 3.13. The van der Waals surface area contributed by atoms with Crippen LogP contribution >= 0.6 is 11.3 Å². The van der Waals surface area contributed by atoms with Crippen molar-refractivity contribution in [2.75, 3.05) is 12.8 Å². The third-order valence-electron chi connectivity index (χ3n) is 3.15. The van der Waals surface area contributed by atoms with Gasteiger partial charge in [-0.1, -0.05) is 6.07 Å². The Morgan fingerprint density at radius 2 is 2.26 bits per heavy atom. The zero-order chi connectivity index (χ0) is 13.2. The molecule has 0 radical (unpaired) electrons. The number of anilines is 1. The number of aromatic nitrogens is 2. The van der Waals surface area contributed by atoms with Crippen LogP contribution in [0.3, 0.4) is 0 Å². The SMILES string of the molecule is COc1ccc2c(c1)nc(N)n2CCc1cccs1. The normalized spacial score (nSPS) is 11.0. The van der Waals surface area contributed by atoms with E-state index in [1.807, 2.05) is 18.2 Å². The first-order valence-corrected chi connectivity index (χ1v) is 6.98. The minimum Gasteiger partial charge on any atom is -0.497 e. The Balaban J connectivity index is 1.92. The van der Waals surface area contributed by atoms with Crippen LogP contribution in [0.5, 0.6) is 5.75 Å². The van der Waals surface area contributed by atoms with Gasteiger partial charge >= 0.3 is 0 Å². The molecule has 5 heteroatoms. The number of nitrogen functional groups attached to an aromatic ring is 1. The van der Waals surface area contributed by atoms with E-state index in [1.54, 1.807) is 18.4 Å². The van der Waals surface area contributed by atoms with Crippen molar-refractivity contribution < 1.29 is 4.74 Å². The molecule has 0 atom stereocenters. The lowest BCUT2D eigenvalue weighted by molar-refractivity contribution is 0.415. The van der Waals surface area contributed by atoms with Gasteiger partial charge in [0.1, 0.15) is 5.75 Å². The van der Waals surface area contributed by atoms with E-state index in [0.717, 1.165) is 29.7 Å². The van der Waals surface area contributed by atoms with Gasteiger partial charge in [-0.25, -0.2) is 4.98 Å². The van der Waals surface area contributed by atoms with Crippen molar-refractivity contribution in [2.45, 2.75) is 13.0 Å². The Bertz CT molecular complexity index is 688. The molecule has 0 unspecified atom stereocenters. The van der Waals surface area contributed by atoms with Gasteiger partial charge in [0, 0.05) is 17.5 Å². The van der Waals surface area contributed by atoms with Gasteiger partial charge in [-0.2, -0.15) is 0 Å². The van der Waals surface area contributed by atoms with Crippen molar-refractivity contribution in [1.29, 1.82) is 0 Å². The van der Waals surface area contributed by atoms with E-state index in [-0.39, 0.29) is 0 Å². The molecule has 1 aromatic carbocycles. The number of nitrogens with zero attached hydrogens (tertiary/aromatic N) is 2. The monoisotopic (exact) mass is 273 g/mol. The summed E-state index contributed by atoms with van der Waals surface area (Å²) in [6.45, 7) is 0.842. The summed E-state index contributed by atoms with van der Waals surface area (Å²) < 4.78 is 7.25. The standard InChI is InChI=1S/C14H15N3OS/c1-18-10-4-5-13-12(9-10)16-14(15)17(13)7-6-11-3-2-8-19-11/h2-5,8-9H,6-7H2,1H3,(H2,15,16). The summed E-state index contributed by atoms with van der Waals surface area (Å²) in [4.78, 5) is 5.74. The van der Waals surface area contributed by atoms with Crippen LogP contribution in [0.2, 0.25) is 0 Å². The average molecular weight is 273 g/mol. The van der Waals surface area contributed by atoms with Crippen LogP contribution in [0, 0.1) is 0 Å². The van der Waals surface area contributed by atoms with E-state index in [9.17, 15) is 0 Å². The summed E-state index contributed by atoms with van der Waals surface area (Å²) in [5.74, 6) is 1.36. The lowest BCUT2D eigenvalue weighted by atomic mass is 10.3. The number of aryl methyl sites for hydroxylation is 2. The number of fused-ring (bicyclic) bond motifs is 1. The van der Waals surface area contributed by atoms with Crippen LogP contribution in [0.4, 0.5) is 5.95 Å². The predicted octanol–water partition coefficient (Wildman–Crippen LogP) is 2.93. The molecule has 0 aliphatic heterocycles. The number of nitrogens with two attached hydrogens (primary N) is 1. The second kappa shape index (κ2) is 4.93. The second-order valence-corrected chi connectivity index (χ2v) is 5.34. The molecule has 0 aliphatic carbocycles. The number of hydrogen-bond donors (Lipinski definition) is 1. The van der Waals surface area contributed by atoms with Crippen LogP contribution < -0.4 is 10.5 Å². The highest BCUT2D eigenvalue weighted by Crippen LogP contribution is 2.23. The van der Waals surface area contributed by atoms with Crippen LogP contribution in [0.1, 0.15) is 4.88 Å². The Hall–Kier alpha value is -2.01. The fraction of sp³-hybridized carbons (Fsp3) is 0.214. The Labute approximate surface area is 115 Å². The molecule has 2 heterocycles. The molecule has 2 N–H and O–H groups in total. The van der Waals surface area contributed by atoms with Crippen molar-refractivity contribution >= 4 is 28.3 Å². The van der Waals surface area contributed by atoms with Gasteiger partial charge in [-0.3, -0.25) is 0 Å². The van der Waals surface area contributed by atoms with Gasteiger partial charge in [-0.15, -0.1) is 11.3 Å². The van der Waals surface area contributed by atoms with Crippen molar-refractivity contribution in [3.8, 4) is 5.75 Å². The van der Waals surface area contributed by atoms with Crippen molar-refractivity contribution in [3.05, 3.63) is 40.6 Å². The molecule has 3 aromatic rings. The van der Waals surface area contributed by atoms with E-state index in [1.165, 1.54) is 4.88 Å². The Morgan fingerprint density at radius 1 is 1.37 bits per heavy atom. The van der Waals surface area contributed by atoms with Crippen LogP contribution in [0.25, 0.3) is 11.0 Å².